The Morgan fingerprint density at radius 3 is 2.83 bits per heavy atom. The van der Waals surface area contributed by atoms with E-state index in [1.165, 1.54) is 0 Å². The first-order valence-corrected chi connectivity index (χ1v) is 4.45. The highest BCUT2D eigenvalue weighted by molar-refractivity contribution is 9.10. The van der Waals surface area contributed by atoms with Gasteiger partial charge in [-0.05, 0) is 29.8 Å². The first-order chi connectivity index (χ1) is 5.70. The molecule has 0 fully saturated rings. The quantitative estimate of drug-likeness (QED) is 0.688. The highest BCUT2D eigenvalue weighted by Crippen LogP contribution is 2.18. The van der Waals surface area contributed by atoms with Crippen molar-refractivity contribution in [3.05, 3.63) is 28.3 Å². The number of halogens is 1. The van der Waals surface area contributed by atoms with Gasteiger partial charge in [0, 0.05) is 0 Å². The lowest BCUT2D eigenvalue weighted by Gasteiger charge is -2.01. The molecule has 4 heteroatoms. The minimum absolute atomic E-state index is 0.984. The van der Waals surface area contributed by atoms with Crippen LogP contribution in [0.3, 0.4) is 0 Å². The molecule has 62 valence electrons. The van der Waals surface area contributed by atoms with Gasteiger partial charge < -0.3 is 0 Å². The van der Waals surface area contributed by atoms with Gasteiger partial charge in [-0.15, -0.1) is 0 Å². The molecule has 12 heavy (non-hydrogen) atoms. The van der Waals surface area contributed by atoms with Crippen molar-refractivity contribution in [3.63, 3.8) is 0 Å². The second-order valence-electron chi connectivity index (χ2n) is 2.72. The average Bonchev–Trinajstić information content (AvgIpc) is 2.41. The molecular weight excluding hydrogens is 218 g/mol. The maximum absolute atomic E-state index is 4.25. The molecule has 0 unspecified atom stereocenters. The summed E-state index contributed by atoms with van der Waals surface area (Å²) in [7, 11) is 0. The molecule has 0 saturated heterocycles. The van der Waals surface area contributed by atoms with E-state index in [1.54, 1.807) is 6.20 Å². The Kier molecular flexibility index (Phi) is 1.65. The van der Waals surface area contributed by atoms with E-state index < -0.39 is 0 Å². The number of nitrogens with zero attached hydrogens (tertiary/aromatic N) is 3. The number of aryl methyl sites for hydroxylation is 2. The lowest BCUT2D eigenvalue weighted by molar-refractivity contribution is 0.878. The second-order valence-corrected chi connectivity index (χ2v) is 3.57. The fraction of sp³-hybridized carbons (Fsp3) is 0.250. The zero-order valence-electron chi connectivity index (χ0n) is 6.87. The van der Waals surface area contributed by atoms with E-state index >= 15 is 0 Å². The smallest absolute Gasteiger partial charge is 0.0990 e. The lowest BCUT2D eigenvalue weighted by atomic mass is 10.3. The third kappa shape index (κ3) is 0.948. The van der Waals surface area contributed by atoms with Crippen LogP contribution in [0.1, 0.15) is 11.4 Å². The number of hydrogen-bond donors (Lipinski definition) is 0. The molecule has 0 bridgehead atoms. The van der Waals surface area contributed by atoms with Crippen LogP contribution in [0, 0.1) is 13.8 Å². The Morgan fingerprint density at radius 2 is 2.08 bits per heavy atom. The van der Waals surface area contributed by atoms with Crippen molar-refractivity contribution in [2.75, 3.05) is 0 Å². The van der Waals surface area contributed by atoms with Gasteiger partial charge in [-0.25, -0.2) is 4.52 Å². The minimum atomic E-state index is 0.984. The molecule has 0 radical (unpaired) electrons. The lowest BCUT2D eigenvalue weighted by Crippen LogP contribution is -1.97. The van der Waals surface area contributed by atoms with Gasteiger partial charge in [0.25, 0.3) is 0 Å². The maximum Gasteiger partial charge on any atom is 0.0990 e. The van der Waals surface area contributed by atoms with E-state index in [1.807, 2.05) is 24.6 Å². The SMILES string of the molecule is Cc1ncc2c(Br)cnn2c1C. The predicted molar refractivity (Wildman–Crippen MR) is 50.2 cm³/mol. The molecule has 0 atom stereocenters. The number of aromatic nitrogens is 3. The van der Waals surface area contributed by atoms with Crippen LogP contribution in [0.25, 0.3) is 5.52 Å². The van der Waals surface area contributed by atoms with Gasteiger partial charge in [-0.2, -0.15) is 5.10 Å². The summed E-state index contributed by atoms with van der Waals surface area (Å²) in [5.41, 5.74) is 3.11. The average molecular weight is 226 g/mol. The largest absolute Gasteiger partial charge is 0.257 e. The normalized spacial score (nSPS) is 10.9. The van der Waals surface area contributed by atoms with Crippen LogP contribution in [-0.2, 0) is 0 Å². The van der Waals surface area contributed by atoms with Crippen LogP contribution in [0.15, 0.2) is 16.9 Å². The zero-order chi connectivity index (χ0) is 8.72. The third-order valence-corrected chi connectivity index (χ3v) is 2.59. The fourth-order valence-corrected chi connectivity index (χ4v) is 1.49. The summed E-state index contributed by atoms with van der Waals surface area (Å²) in [5, 5.41) is 4.21. The van der Waals surface area contributed by atoms with Crippen LogP contribution in [0.4, 0.5) is 0 Å². The van der Waals surface area contributed by atoms with Gasteiger partial charge >= 0.3 is 0 Å². The van der Waals surface area contributed by atoms with Crippen molar-refractivity contribution in [2.24, 2.45) is 0 Å². The van der Waals surface area contributed by atoms with Gasteiger partial charge in [0.05, 0.1) is 33.8 Å². The molecule has 2 aromatic rings. The Hall–Kier alpha value is -0.900. The molecule has 0 amide bonds. The highest BCUT2D eigenvalue weighted by atomic mass is 79.9. The van der Waals surface area contributed by atoms with E-state index in [0.29, 0.717) is 0 Å². The Labute approximate surface area is 78.6 Å². The van der Waals surface area contributed by atoms with Gasteiger partial charge in [0.15, 0.2) is 0 Å². The van der Waals surface area contributed by atoms with Crippen LogP contribution in [0.5, 0.6) is 0 Å². The van der Waals surface area contributed by atoms with E-state index in [4.69, 9.17) is 0 Å². The van der Waals surface area contributed by atoms with Crippen molar-refractivity contribution in [3.8, 4) is 0 Å². The van der Waals surface area contributed by atoms with Crippen molar-refractivity contribution in [1.82, 2.24) is 14.6 Å². The maximum atomic E-state index is 4.25. The van der Waals surface area contributed by atoms with Gasteiger partial charge in [0.1, 0.15) is 0 Å². The highest BCUT2D eigenvalue weighted by Gasteiger charge is 2.04. The van der Waals surface area contributed by atoms with E-state index in [2.05, 4.69) is 26.0 Å². The molecule has 0 saturated carbocycles. The molecule has 0 N–H and O–H groups in total. The minimum Gasteiger partial charge on any atom is -0.257 e. The fourth-order valence-electron chi connectivity index (χ4n) is 1.13. The van der Waals surface area contributed by atoms with Crippen molar-refractivity contribution >= 4 is 21.4 Å². The molecule has 0 aliphatic rings. The molecular formula is C8H8BrN3. The Balaban J connectivity index is 2.93. The van der Waals surface area contributed by atoms with E-state index in [-0.39, 0.29) is 0 Å². The zero-order valence-corrected chi connectivity index (χ0v) is 8.46. The summed E-state index contributed by atoms with van der Waals surface area (Å²) >= 11 is 3.40. The van der Waals surface area contributed by atoms with Crippen LogP contribution in [0.2, 0.25) is 0 Å². The Bertz CT molecular complexity index is 433. The van der Waals surface area contributed by atoms with Gasteiger partial charge in [-0.3, -0.25) is 4.98 Å². The van der Waals surface area contributed by atoms with Gasteiger partial charge in [0.2, 0.25) is 0 Å². The summed E-state index contributed by atoms with van der Waals surface area (Å²) in [5.74, 6) is 0. The summed E-state index contributed by atoms with van der Waals surface area (Å²) in [6, 6.07) is 0. The van der Waals surface area contributed by atoms with Crippen LogP contribution >= 0.6 is 15.9 Å². The number of hydrogen-bond acceptors (Lipinski definition) is 2. The van der Waals surface area contributed by atoms with E-state index in [9.17, 15) is 0 Å². The molecule has 0 aromatic carbocycles. The molecule has 2 heterocycles. The molecule has 3 nitrogen and oxygen atoms in total. The van der Waals surface area contributed by atoms with Crippen LogP contribution in [-0.4, -0.2) is 14.6 Å². The molecule has 0 spiro atoms. The second kappa shape index (κ2) is 2.55. The summed E-state index contributed by atoms with van der Waals surface area (Å²) in [4.78, 5) is 4.25. The number of fused-ring (bicyclic) bond motifs is 1. The predicted octanol–water partition coefficient (Wildman–Crippen LogP) is 2.11. The number of rotatable bonds is 0. The topological polar surface area (TPSA) is 30.2 Å². The van der Waals surface area contributed by atoms with Gasteiger partial charge in [-0.1, -0.05) is 0 Å². The molecule has 2 rings (SSSR count). The summed E-state index contributed by atoms with van der Waals surface area (Å²) in [6.07, 6.45) is 3.60. The van der Waals surface area contributed by atoms with Crippen LogP contribution < -0.4 is 0 Å². The molecule has 0 aliphatic carbocycles. The van der Waals surface area contributed by atoms with E-state index in [0.717, 1.165) is 21.4 Å². The third-order valence-electron chi connectivity index (χ3n) is 1.98. The Morgan fingerprint density at radius 1 is 1.33 bits per heavy atom. The first kappa shape index (κ1) is 7.73. The standard InChI is InChI=1S/C8H8BrN3/c1-5-6(2)12-8(4-10-5)7(9)3-11-12/h3-4H,1-2H3. The monoisotopic (exact) mass is 225 g/mol. The van der Waals surface area contributed by atoms with Crippen molar-refractivity contribution < 1.29 is 0 Å². The summed E-state index contributed by atoms with van der Waals surface area (Å²) in [6.45, 7) is 3.99. The van der Waals surface area contributed by atoms with Crippen molar-refractivity contribution in [1.29, 1.82) is 0 Å². The molecule has 0 aliphatic heterocycles. The molecule has 2 aromatic heterocycles. The van der Waals surface area contributed by atoms with Crippen molar-refractivity contribution in [2.45, 2.75) is 13.8 Å². The summed E-state index contributed by atoms with van der Waals surface area (Å²) < 4.78 is 2.87. The first-order valence-electron chi connectivity index (χ1n) is 3.65.